The fourth-order valence-electron chi connectivity index (χ4n) is 2.45. The summed E-state index contributed by atoms with van der Waals surface area (Å²) in [6, 6.07) is 12.7. The maximum Gasteiger partial charge on any atom is 0.188 e. The SMILES string of the molecule is Cc1ccnc(C(=O)CC(=O)c2cccc(Cn3cccn3)c2)c1. The number of aryl methyl sites for hydroxylation is 1. The molecule has 0 N–H and O–H groups in total. The van der Waals surface area contributed by atoms with Crippen LogP contribution in [0.4, 0.5) is 0 Å². The standard InChI is InChI=1S/C19H17N3O2/c1-14-6-8-20-17(10-14)19(24)12-18(23)16-5-2-4-15(11-16)13-22-9-3-7-21-22/h2-11H,12-13H2,1H3. The van der Waals surface area contributed by atoms with Gasteiger partial charge in [0.05, 0.1) is 13.0 Å². The van der Waals surface area contributed by atoms with Gasteiger partial charge >= 0.3 is 0 Å². The molecule has 5 heteroatoms. The van der Waals surface area contributed by atoms with Crippen LogP contribution in [-0.2, 0) is 6.54 Å². The quantitative estimate of drug-likeness (QED) is 0.517. The third-order valence-electron chi connectivity index (χ3n) is 3.67. The highest BCUT2D eigenvalue weighted by Gasteiger charge is 2.15. The van der Waals surface area contributed by atoms with Crippen LogP contribution < -0.4 is 0 Å². The third-order valence-corrected chi connectivity index (χ3v) is 3.67. The van der Waals surface area contributed by atoms with Gasteiger partial charge in [-0.1, -0.05) is 18.2 Å². The minimum Gasteiger partial charge on any atom is -0.294 e. The molecule has 120 valence electrons. The van der Waals surface area contributed by atoms with E-state index in [1.54, 1.807) is 35.3 Å². The molecular weight excluding hydrogens is 302 g/mol. The van der Waals surface area contributed by atoms with E-state index in [-0.39, 0.29) is 18.0 Å². The summed E-state index contributed by atoms with van der Waals surface area (Å²) in [4.78, 5) is 28.7. The molecule has 0 fully saturated rings. The second-order valence-electron chi connectivity index (χ2n) is 5.65. The predicted molar refractivity (Wildman–Crippen MR) is 90.0 cm³/mol. The smallest absolute Gasteiger partial charge is 0.188 e. The highest BCUT2D eigenvalue weighted by Crippen LogP contribution is 2.12. The minimum absolute atomic E-state index is 0.179. The number of aromatic nitrogens is 3. The number of nitrogens with zero attached hydrogens (tertiary/aromatic N) is 3. The number of hydrogen-bond acceptors (Lipinski definition) is 4. The van der Waals surface area contributed by atoms with Gasteiger partial charge in [-0.3, -0.25) is 19.3 Å². The van der Waals surface area contributed by atoms with Gasteiger partial charge in [0.15, 0.2) is 11.6 Å². The van der Waals surface area contributed by atoms with Crippen molar-refractivity contribution < 1.29 is 9.59 Å². The van der Waals surface area contributed by atoms with E-state index < -0.39 is 0 Å². The number of hydrogen-bond donors (Lipinski definition) is 0. The molecule has 0 aliphatic heterocycles. The molecule has 0 saturated carbocycles. The largest absolute Gasteiger partial charge is 0.294 e. The Balaban J connectivity index is 1.72. The highest BCUT2D eigenvalue weighted by atomic mass is 16.1. The molecule has 0 saturated heterocycles. The lowest BCUT2D eigenvalue weighted by atomic mass is 10.0. The lowest BCUT2D eigenvalue weighted by Crippen LogP contribution is -2.11. The van der Waals surface area contributed by atoms with Crippen LogP contribution in [0, 0.1) is 6.92 Å². The average Bonchev–Trinajstić information content (AvgIpc) is 3.08. The summed E-state index contributed by atoms with van der Waals surface area (Å²) in [7, 11) is 0. The van der Waals surface area contributed by atoms with Crippen molar-refractivity contribution in [1.29, 1.82) is 0 Å². The highest BCUT2D eigenvalue weighted by molar-refractivity contribution is 6.12. The lowest BCUT2D eigenvalue weighted by molar-refractivity contribution is 0.0891. The van der Waals surface area contributed by atoms with Crippen LogP contribution in [-0.4, -0.2) is 26.3 Å². The lowest BCUT2D eigenvalue weighted by Gasteiger charge is -2.05. The first kappa shape index (κ1) is 15.8. The van der Waals surface area contributed by atoms with E-state index in [4.69, 9.17) is 0 Å². The monoisotopic (exact) mass is 319 g/mol. The van der Waals surface area contributed by atoms with Crippen molar-refractivity contribution >= 4 is 11.6 Å². The molecule has 0 amide bonds. The summed E-state index contributed by atoms with van der Waals surface area (Å²) >= 11 is 0. The summed E-state index contributed by atoms with van der Waals surface area (Å²) in [5, 5.41) is 4.15. The van der Waals surface area contributed by atoms with Gasteiger partial charge in [-0.25, -0.2) is 0 Å². The second kappa shape index (κ2) is 7.00. The fourth-order valence-corrected chi connectivity index (χ4v) is 2.45. The molecule has 1 aromatic carbocycles. The van der Waals surface area contributed by atoms with Crippen molar-refractivity contribution in [2.75, 3.05) is 0 Å². The summed E-state index contributed by atoms with van der Waals surface area (Å²) in [5.41, 5.74) is 2.77. The minimum atomic E-state index is -0.263. The van der Waals surface area contributed by atoms with Gasteiger partial charge < -0.3 is 0 Å². The first-order valence-corrected chi connectivity index (χ1v) is 7.67. The van der Waals surface area contributed by atoms with Gasteiger partial charge in [0.1, 0.15) is 5.69 Å². The number of pyridine rings is 1. The Hall–Kier alpha value is -3.08. The zero-order valence-corrected chi connectivity index (χ0v) is 13.3. The Morgan fingerprint density at radius 3 is 2.67 bits per heavy atom. The third kappa shape index (κ3) is 3.81. The van der Waals surface area contributed by atoms with Crippen LogP contribution in [0.25, 0.3) is 0 Å². The van der Waals surface area contributed by atoms with E-state index in [9.17, 15) is 9.59 Å². The number of carbonyl (C=O) groups is 2. The van der Waals surface area contributed by atoms with Crippen molar-refractivity contribution in [2.24, 2.45) is 0 Å². The normalized spacial score (nSPS) is 10.5. The predicted octanol–water partition coefficient (Wildman–Crippen LogP) is 3.09. The Morgan fingerprint density at radius 1 is 1.04 bits per heavy atom. The molecule has 2 heterocycles. The van der Waals surface area contributed by atoms with Gasteiger partial charge in [0.25, 0.3) is 0 Å². The Labute approximate surface area is 140 Å². The molecule has 3 aromatic rings. The van der Waals surface area contributed by atoms with Gasteiger partial charge in [-0.2, -0.15) is 5.10 Å². The van der Waals surface area contributed by atoms with E-state index in [0.29, 0.717) is 17.8 Å². The van der Waals surface area contributed by atoms with Gasteiger partial charge in [0.2, 0.25) is 0 Å². The van der Waals surface area contributed by atoms with E-state index in [0.717, 1.165) is 11.1 Å². The summed E-state index contributed by atoms with van der Waals surface area (Å²) in [6.45, 7) is 2.47. The van der Waals surface area contributed by atoms with Gasteiger partial charge in [-0.05, 0) is 42.3 Å². The molecule has 0 aliphatic carbocycles. The number of ketones is 2. The molecule has 3 rings (SSSR count). The maximum atomic E-state index is 12.4. The maximum absolute atomic E-state index is 12.4. The van der Waals surface area contributed by atoms with Crippen LogP contribution in [0.2, 0.25) is 0 Å². The molecule has 0 bridgehead atoms. The average molecular weight is 319 g/mol. The van der Waals surface area contributed by atoms with Gasteiger partial charge in [0, 0.05) is 24.2 Å². The summed E-state index contributed by atoms with van der Waals surface area (Å²) < 4.78 is 1.78. The Bertz CT molecular complexity index is 870. The topological polar surface area (TPSA) is 64.8 Å². The molecule has 5 nitrogen and oxygen atoms in total. The molecule has 0 atom stereocenters. The van der Waals surface area contributed by atoms with Crippen LogP contribution in [0.3, 0.4) is 0 Å². The van der Waals surface area contributed by atoms with Crippen molar-refractivity contribution in [3.05, 3.63) is 83.4 Å². The van der Waals surface area contributed by atoms with E-state index in [1.165, 1.54) is 0 Å². The molecule has 0 aliphatic rings. The van der Waals surface area contributed by atoms with Crippen LogP contribution in [0.15, 0.2) is 61.1 Å². The molecule has 0 spiro atoms. The number of rotatable bonds is 6. The van der Waals surface area contributed by atoms with E-state index in [1.807, 2.05) is 37.4 Å². The van der Waals surface area contributed by atoms with E-state index in [2.05, 4.69) is 10.1 Å². The molecule has 0 radical (unpaired) electrons. The van der Waals surface area contributed by atoms with Gasteiger partial charge in [-0.15, -0.1) is 0 Å². The number of benzene rings is 1. The zero-order valence-electron chi connectivity index (χ0n) is 13.3. The van der Waals surface area contributed by atoms with E-state index >= 15 is 0 Å². The van der Waals surface area contributed by atoms with Crippen molar-refractivity contribution in [3.8, 4) is 0 Å². The van der Waals surface area contributed by atoms with Crippen LogP contribution in [0.1, 0.15) is 38.4 Å². The molecule has 24 heavy (non-hydrogen) atoms. The Kier molecular flexibility index (Phi) is 4.61. The van der Waals surface area contributed by atoms with Crippen LogP contribution >= 0.6 is 0 Å². The molecule has 2 aromatic heterocycles. The van der Waals surface area contributed by atoms with Crippen LogP contribution in [0.5, 0.6) is 0 Å². The summed E-state index contributed by atoms with van der Waals surface area (Å²) in [6.07, 6.45) is 4.98. The molecule has 0 unspecified atom stereocenters. The second-order valence-corrected chi connectivity index (χ2v) is 5.65. The summed E-state index contributed by atoms with van der Waals surface area (Å²) in [5.74, 6) is -0.466. The first-order valence-electron chi connectivity index (χ1n) is 7.67. The number of carbonyl (C=O) groups excluding carboxylic acids is 2. The first-order chi connectivity index (χ1) is 11.6. The van der Waals surface area contributed by atoms with Crippen molar-refractivity contribution in [2.45, 2.75) is 19.9 Å². The fraction of sp³-hybridized carbons (Fsp3) is 0.158. The number of Topliss-reactive ketones (excluding diaryl/α,β-unsaturated/α-hetero) is 2. The zero-order chi connectivity index (χ0) is 16.9. The van der Waals surface area contributed by atoms with Crippen molar-refractivity contribution in [1.82, 2.24) is 14.8 Å². The Morgan fingerprint density at radius 2 is 1.92 bits per heavy atom. The van der Waals surface area contributed by atoms with Crippen molar-refractivity contribution in [3.63, 3.8) is 0 Å². The molecular formula is C19H17N3O2.